The van der Waals surface area contributed by atoms with E-state index in [-0.39, 0.29) is 12.9 Å². The van der Waals surface area contributed by atoms with E-state index in [1.807, 2.05) is 0 Å². The minimum Gasteiger partial charge on any atom is -0.352 e. The maximum Gasteiger partial charge on any atom is 0.254 e. The Morgan fingerprint density at radius 2 is 1.59 bits per heavy atom. The molecule has 0 saturated heterocycles. The Hall–Kier alpha value is -0.660. The average molecular weight is 380 g/mol. The predicted octanol–water partition coefficient (Wildman–Crippen LogP) is 6.32. The van der Waals surface area contributed by atoms with Crippen LogP contribution >= 0.6 is 0 Å². The van der Waals surface area contributed by atoms with Gasteiger partial charge >= 0.3 is 0 Å². The molecule has 0 aromatic heterocycles. The van der Waals surface area contributed by atoms with Crippen molar-refractivity contribution in [3.63, 3.8) is 0 Å². The van der Waals surface area contributed by atoms with E-state index in [4.69, 9.17) is 16.0 Å². The van der Waals surface area contributed by atoms with E-state index >= 15 is 0 Å². The third-order valence-corrected chi connectivity index (χ3v) is 7.42. The number of ether oxygens (including phenoxy) is 2. The Balaban J connectivity index is 1.27. The molecule has 0 radical (unpaired) electrons. The van der Waals surface area contributed by atoms with Crippen LogP contribution in [-0.2, 0) is 9.47 Å². The minimum absolute atomic E-state index is 0.0781. The second-order valence-corrected chi connectivity index (χ2v) is 9.35. The Labute approximate surface area is 165 Å². The molecule has 3 saturated carbocycles. The fraction of sp³-hybridized carbons (Fsp3) is 0.957. The highest BCUT2D eigenvalue weighted by Crippen LogP contribution is 2.37. The van der Waals surface area contributed by atoms with Gasteiger partial charge in [-0.15, -0.1) is 0 Å². The van der Waals surface area contributed by atoms with E-state index in [1.54, 1.807) is 0 Å². The van der Waals surface area contributed by atoms with Crippen LogP contribution in [0.4, 0.5) is 4.39 Å². The molecule has 3 aliphatic carbocycles. The fourth-order valence-electron chi connectivity index (χ4n) is 5.55. The summed E-state index contributed by atoms with van der Waals surface area (Å²) in [4.78, 5) is 3.36. The summed E-state index contributed by atoms with van der Waals surface area (Å²) < 4.78 is 25.5. The number of halogens is 1. The van der Waals surface area contributed by atoms with Crippen LogP contribution in [0.2, 0.25) is 0 Å². The molecule has 4 atom stereocenters. The summed E-state index contributed by atoms with van der Waals surface area (Å²) in [5.41, 5.74) is 0. The Morgan fingerprint density at radius 3 is 2.26 bits per heavy atom. The van der Waals surface area contributed by atoms with Crippen molar-refractivity contribution >= 4 is 0 Å². The molecule has 0 spiro atoms. The number of hydrogen-bond donors (Lipinski definition) is 0. The van der Waals surface area contributed by atoms with Gasteiger partial charge in [0.25, 0.3) is 6.04 Å². The van der Waals surface area contributed by atoms with Crippen molar-refractivity contribution in [3.05, 3.63) is 11.4 Å². The molecule has 3 rings (SSSR count). The summed E-state index contributed by atoms with van der Waals surface area (Å²) >= 11 is 0. The zero-order valence-corrected chi connectivity index (χ0v) is 17.1. The lowest BCUT2D eigenvalue weighted by molar-refractivity contribution is -0.138. The molecule has 3 aliphatic rings. The molecule has 0 bridgehead atoms. The standard InChI is InChI=1S/C23H38FNO2/c1-17(19-6-4-3-5-7-19)14-18-8-10-20(11-9-18)26-16-27-21-12-13-23(25-2)22(24)15-21/h17-23H,3-16H2,1H3. The van der Waals surface area contributed by atoms with Crippen LogP contribution in [0.25, 0.3) is 4.85 Å². The van der Waals surface area contributed by atoms with Crippen molar-refractivity contribution < 1.29 is 13.9 Å². The third-order valence-electron chi connectivity index (χ3n) is 7.42. The quantitative estimate of drug-likeness (QED) is 0.381. The van der Waals surface area contributed by atoms with Gasteiger partial charge in [-0.1, -0.05) is 39.0 Å². The normalized spacial score (nSPS) is 36.9. The molecule has 0 heterocycles. The lowest BCUT2D eigenvalue weighted by Crippen LogP contribution is -2.33. The van der Waals surface area contributed by atoms with Crippen LogP contribution in [0.5, 0.6) is 0 Å². The zero-order valence-electron chi connectivity index (χ0n) is 17.1. The Kier molecular flexibility index (Phi) is 8.40. The second-order valence-electron chi connectivity index (χ2n) is 9.35. The van der Waals surface area contributed by atoms with Gasteiger partial charge in [0.2, 0.25) is 0 Å². The number of rotatable bonds is 7. The third kappa shape index (κ3) is 6.43. The number of nitrogens with zero attached hydrogens (tertiary/aromatic N) is 1. The lowest BCUT2D eigenvalue weighted by Gasteiger charge is -2.34. The summed E-state index contributed by atoms with van der Waals surface area (Å²) in [5, 5.41) is 0. The lowest BCUT2D eigenvalue weighted by atomic mass is 9.74. The van der Waals surface area contributed by atoms with Gasteiger partial charge in [0, 0.05) is 12.8 Å². The van der Waals surface area contributed by atoms with Gasteiger partial charge in [0.1, 0.15) is 6.79 Å². The van der Waals surface area contributed by atoms with Crippen LogP contribution < -0.4 is 0 Å². The average Bonchev–Trinajstić information content (AvgIpc) is 2.70. The maximum absolute atomic E-state index is 13.8. The molecular weight excluding hydrogens is 341 g/mol. The first-order valence-corrected chi connectivity index (χ1v) is 11.4. The molecule has 0 aromatic carbocycles. The monoisotopic (exact) mass is 379 g/mol. The van der Waals surface area contributed by atoms with Crippen LogP contribution in [0.15, 0.2) is 0 Å². The van der Waals surface area contributed by atoms with Crippen molar-refractivity contribution in [2.75, 3.05) is 6.79 Å². The summed E-state index contributed by atoms with van der Waals surface area (Å²) in [6.07, 6.45) is 14.4. The van der Waals surface area contributed by atoms with Gasteiger partial charge in [-0.25, -0.2) is 11.0 Å². The van der Waals surface area contributed by atoms with Crippen LogP contribution in [0.1, 0.15) is 90.4 Å². The summed E-state index contributed by atoms with van der Waals surface area (Å²) in [5.74, 6) is 2.73. The smallest absolute Gasteiger partial charge is 0.254 e. The van der Waals surface area contributed by atoms with Crippen molar-refractivity contribution in [1.82, 2.24) is 0 Å². The zero-order chi connectivity index (χ0) is 19.1. The van der Waals surface area contributed by atoms with Crippen molar-refractivity contribution in [2.24, 2.45) is 17.8 Å². The minimum atomic E-state index is -1.04. The molecule has 3 fully saturated rings. The highest BCUT2D eigenvalue weighted by molar-refractivity contribution is 4.92. The fourth-order valence-corrected chi connectivity index (χ4v) is 5.55. The highest BCUT2D eigenvalue weighted by Gasteiger charge is 2.35. The topological polar surface area (TPSA) is 22.8 Å². The Morgan fingerprint density at radius 1 is 0.926 bits per heavy atom. The molecule has 0 amide bonds. The van der Waals surface area contributed by atoms with Gasteiger partial charge in [-0.05, 0) is 56.3 Å². The van der Waals surface area contributed by atoms with E-state index in [1.165, 1.54) is 51.4 Å². The molecule has 0 aromatic rings. The van der Waals surface area contributed by atoms with Gasteiger partial charge in [-0.3, -0.25) is 0 Å². The van der Waals surface area contributed by atoms with E-state index in [9.17, 15) is 4.39 Å². The van der Waals surface area contributed by atoms with Gasteiger partial charge < -0.3 is 14.3 Å². The summed E-state index contributed by atoms with van der Waals surface area (Å²) in [7, 11) is 0. The number of alkyl halides is 1. The first-order chi connectivity index (χ1) is 13.2. The molecule has 0 N–H and O–H groups in total. The molecule has 4 heteroatoms. The molecule has 27 heavy (non-hydrogen) atoms. The van der Waals surface area contributed by atoms with Crippen molar-refractivity contribution in [2.45, 2.75) is 115 Å². The molecule has 4 unspecified atom stereocenters. The summed E-state index contributed by atoms with van der Waals surface area (Å²) in [6, 6.07) is -0.461. The Bertz CT molecular complexity index is 465. The maximum atomic E-state index is 13.8. The molecular formula is C23H38FNO2. The van der Waals surface area contributed by atoms with Crippen molar-refractivity contribution in [3.8, 4) is 0 Å². The van der Waals surface area contributed by atoms with E-state index in [0.717, 1.165) is 37.0 Å². The van der Waals surface area contributed by atoms with Crippen LogP contribution in [0.3, 0.4) is 0 Å². The number of hydrogen-bond acceptors (Lipinski definition) is 2. The summed E-state index contributed by atoms with van der Waals surface area (Å²) in [6.45, 7) is 9.77. The highest BCUT2D eigenvalue weighted by atomic mass is 19.1. The van der Waals surface area contributed by atoms with E-state index in [2.05, 4.69) is 11.8 Å². The van der Waals surface area contributed by atoms with E-state index < -0.39 is 12.2 Å². The van der Waals surface area contributed by atoms with E-state index in [0.29, 0.717) is 18.9 Å². The molecule has 154 valence electrons. The second kappa shape index (κ2) is 10.8. The molecule has 3 nitrogen and oxygen atoms in total. The SMILES string of the molecule is [C-]#[N+]C1CCC(OCOC2CCC(CC(C)C3CCCCC3)CC2)CC1F. The van der Waals surface area contributed by atoms with Crippen LogP contribution in [-0.4, -0.2) is 31.2 Å². The van der Waals surface area contributed by atoms with Gasteiger partial charge in [0.15, 0.2) is 6.17 Å². The molecule has 0 aliphatic heterocycles. The first-order valence-electron chi connectivity index (χ1n) is 11.4. The van der Waals surface area contributed by atoms with Gasteiger partial charge in [0.05, 0.1) is 12.2 Å². The largest absolute Gasteiger partial charge is 0.352 e. The van der Waals surface area contributed by atoms with Crippen molar-refractivity contribution in [1.29, 1.82) is 0 Å². The van der Waals surface area contributed by atoms with Crippen LogP contribution in [0, 0.1) is 24.3 Å². The first kappa shape index (κ1) is 21.1. The van der Waals surface area contributed by atoms with Gasteiger partial charge in [-0.2, -0.15) is 0 Å². The predicted molar refractivity (Wildman–Crippen MR) is 106 cm³/mol.